The highest BCUT2D eigenvalue weighted by molar-refractivity contribution is 5.48. The summed E-state index contributed by atoms with van der Waals surface area (Å²) >= 11 is 0. The molecule has 0 unspecified atom stereocenters. The maximum Gasteiger partial charge on any atom is 0.160 e. The number of aliphatic hydroxyl groups excluding tert-OH is 1. The minimum absolute atomic E-state index is 0.0756. The molecule has 162 valence electrons. The van der Waals surface area contributed by atoms with Gasteiger partial charge in [-0.15, -0.1) is 0 Å². The van der Waals surface area contributed by atoms with Gasteiger partial charge < -0.3 is 24.1 Å². The Kier molecular flexibility index (Phi) is 6.27. The molecule has 0 spiro atoms. The van der Waals surface area contributed by atoms with Gasteiger partial charge >= 0.3 is 0 Å². The van der Waals surface area contributed by atoms with Gasteiger partial charge in [-0.3, -0.25) is 0 Å². The van der Waals surface area contributed by atoms with Crippen LogP contribution in [0.25, 0.3) is 0 Å². The number of benzene rings is 3. The number of rotatable bonds is 8. The standard InChI is InChI=1S/C26H28O5/c1-28-22-15-13-21(14-16-22)26(19-9-5-3-6-10-19,20-11-7-4-8-12-20)30-18-24-23(27)17-25(29-2)31-24/h3-16,23-25,27H,17-18H2,1-2H3/t23-,24+,25-/m0/s1/i17D/t17-,23-,24+,25-. The maximum absolute atomic E-state index is 10.5. The highest BCUT2D eigenvalue weighted by Gasteiger charge is 2.41. The van der Waals surface area contributed by atoms with Crippen LogP contribution >= 0.6 is 0 Å². The number of hydrogen-bond donors (Lipinski definition) is 1. The van der Waals surface area contributed by atoms with E-state index in [-0.39, 0.29) is 6.61 Å². The Hall–Kier alpha value is -2.70. The van der Waals surface area contributed by atoms with Gasteiger partial charge in [-0.1, -0.05) is 72.8 Å². The summed E-state index contributed by atoms with van der Waals surface area (Å²) in [4.78, 5) is 0. The zero-order chi connectivity index (χ0) is 22.6. The highest BCUT2D eigenvalue weighted by atomic mass is 16.7. The van der Waals surface area contributed by atoms with Gasteiger partial charge in [0.2, 0.25) is 0 Å². The van der Waals surface area contributed by atoms with Gasteiger partial charge in [-0.25, -0.2) is 0 Å². The maximum atomic E-state index is 10.5. The third-order valence-corrected chi connectivity index (χ3v) is 5.60. The van der Waals surface area contributed by atoms with E-state index in [9.17, 15) is 5.11 Å². The smallest absolute Gasteiger partial charge is 0.160 e. The first-order chi connectivity index (χ1) is 15.6. The molecule has 0 radical (unpaired) electrons. The molecule has 5 nitrogen and oxygen atoms in total. The fraction of sp³-hybridized carbons (Fsp3) is 0.308. The van der Waals surface area contributed by atoms with Crippen molar-refractivity contribution in [3.8, 4) is 5.75 Å². The Morgan fingerprint density at radius 1 is 0.903 bits per heavy atom. The van der Waals surface area contributed by atoms with Crippen LogP contribution in [0.15, 0.2) is 84.9 Å². The molecular formula is C26H28O5. The fourth-order valence-electron chi connectivity index (χ4n) is 3.98. The Morgan fingerprint density at radius 2 is 1.45 bits per heavy atom. The lowest BCUT2D eigenvalue weighted by Gasteiger charge is -2.37. The van der Waals surface area contributed by atoms with Crippen LogP contribution in [0.3, 0.4) is 0 Å². The normalized spacial score (nSPS) is 24.0. The van der Waals surface area contributed by atoms with E-state index in [0.29, 0.717) is 0 Å². The SMILES string of the molecule is [2H][C@@H]1[C@@H](OC)O[C@H](COC(c2ccccc2)(c2ccccc2)c2ccc(OC)cc2)[C@H]1O. The first kappa shape index (κ1) is 20.2. The molecule has 0 aromatic heterocycles. The lowest BCUT2D eigenvalue weighted by atomic mass is 9.80. The fourth-order valence-corrected chi connectivity index (χ4v) is 3.98. The molecule has 1 saturated heterocycles. The van der Waals surface area contributed by atoms with Crippen LogP contribution in [-0.2, 0) is 19.8 Å². The van der Waals surface area contributed by atoms with Gasteiger partial charge in [0.05, 0.1) is 19.8 Å². The molecule has 1 fully saturated rings. The lowest BCUT2D eigenvalue weighted by Crippen LogP contribution is -2.38. The summed E-state index contributed by atoms with van der Waals surface area (Å²) < 4.78 is 31.1. The summed E-state index contributed by atoms with van der Waals surface area (Å²) in [5.74, 6) is 0.748. The van der Waals surface area contributed by atoms with E-state index < -0.39 is 30.5 Å². The van der Waals surface area contributed by atoms with E-state index in [2.05, 4.69) is 0 Å². The van der Waals surface area contributed by atoms with Gasteiger partial charge in [0.15, 0.2) is 6.29 Å². The van der Waals surface area contributed by atoms with Crippen molar-refractivity contribution >= 4 is 0 Å². The minimum atomic E-state index is -1.01. The van der Waals surface area contributed by atoms with Crippen LogP contribution in [0.2, 0.25) is 0 Å². The lowest BCUT2D eigenvalue weighted by molar-refractivity contribution is -0.144. The van der Waals surface area contributed by atoms with Crippen LogP contribution in [0.1, 0.15) is 24.5 Å². The minimum Gasteiger partial charge on any atom is -0.497 e. The summed E-state index contributed by atoms with van der Waals surface area (Å²) in [5, 5.41) is 10.5. The highest BCUT2D eigenvalue weighted by Crippen LogP contribution is 2.41. The van der Waals surface area contributed by atoms with Crippen molar-refractivity contribution in [2.24, 2.45) is 0 Å². The molecule has 31 heavy (non-hydrogen) atoms. The molecule has 1 heterocycles. The number of hydrogen-bond acceptors (Lipinski definition) is 5. The second-order valence-electron chi connectivity index (χ2n) is 7.41. The molecule has 1 N–H and O–H groups in total. The second-order valence-corrected chi connectivity index (χ2v) is 7.41. The van der Waals surface area contributed by atoms with Crippen LogP contribution < -0.4 is 4.74 Å². The molecule has 1 aliphatic rings. The molecular weight excluding hydrogens is 392 g/mol. The molecule has 5 heteroatoms. The third-order valence-electron chi connectivity index (χ3n) is 5.60. The van der Waals surface area contributed by atoms with E-state index in [1.807, 2.05) is 84.9 Å². The van der Waals surface area contributed by atoms with E-state index in [4.69, 9.17) is 20.3 Å². The Morgan fingerprint density at radius 3 is 1.94 bits per heavy atom. The van der Waals surface area contributed by atoms with E-state index in [1.54, 1.807) is 7.11 Å². The van der Waals surface area contributed by atoms with Crippen molar-refractivity contribution < 1.29 is 25.4 Å². The zero-order valence-electron chi connectivity index (χ0n) is 18.7. The average molecular weight is 422 g/mol. The first-order valence-corrected chi connectivity index (χ1v) is 10.3. The predicted octanol–water partition coefficient (Wildman–Crippen LogP) is 4.13. The molecule has 0 aliphatic carbocycles. The molecule has 0 bridgehead atoms. The topological polar surface area (TPSA) is 57.2 Å². The van der Waals surface area contributed by atoms with Crippen LogP contribution in [0.5, 0.6) is 5.75 Å². The zero-order valence-corrected chi connectivity index (χ0v) is 17.7. The largest absolute Gasteiger partial charge is 0.497 e. The van der Waals surface area contributed by atoms with E-state index in [1.165, 1.54) is 7.11 Å². The Balaban J connectivity index is 1.79. The molecule has 3 aromatic rings. The van der Waals surface area contributed by atoms with Gasteiger partial charge in [0, 0.05) is 14.9 Å². The molecule has 3 aromatic carbocycles. The van der Waals surface area contributed by atoms with Gasteiger partial charge in [0.25, 0.3) is 0 Å². The quantitative estimate of drug-likeness (QED) is 0.555. The molecule has 4 atom stereocenters. The van der Waals surface area contributed by atoms with Crippen molar-refractivity contribution in [3.05, 3.63) is 102 Å². The second kappa shape index (κ2) is 9.62. The summed E-state index contributed by atoms with van der Waals surface area (Å²) in [5.41, 5.74) is 1.83. The monoisotopic (exact) mass is 421 g/mol. The van der Waals surface area contributed by atoms with Gasteiger partial charge in [0.1, 0.15) is 17.5 Å². The van der Waals surface area contributed by atoms with Gasteiger partial charge in [-0.2, -0.15) is 0 Å². The number of methoxy groups -OCH3 is 2. The summed E-state index contributed by atoms with van der Waals surface area (Å²) in [6, 6.07) is 27.7. The van der Waals surface area contributed by atoms with Crippen LogP contribution in [0, 0.1) is 0 Å². The van der Waals surface area contributed by atoms with Crippen LogP contribution in [0.4, 0.5) is 0 Å². The first-order valence-electron chi connectivity index (χ1n) is 10.9. The van der Waals surface area contributed by atoms with Crippen molar-refractivity contribution in [3.63, 3.8) is 0 Å². The van der Waals surface area contributed by atoms with Gasteiger partial charge in [-0.05, 0) is 28.8 Å². The summed E-state index contributed by atoms with van der Waals surface area (Å²) in [6.45, 7) is 0.0756. The summed E-state index contributed by atoms with van der Waals surface area (Å²) in [6.07, 6.45) is -3.38. The molecule has 0 amide bonds. The van der Waals surface area contributed by atoms with Crippen molar-refractivity contribution in [2.45, 2.75) is 30.5 Å². The Labute approximate surface area is 184 Å². The predicted molar refractivity (Wildman–Crippen MR) is 118 cm³/mol. The van der Waals surface area contributed by atoms with E-state index in [0.717, 1.165) is 22.4 Å². The number of ether oxygens (including phenoxy) is 4. The number of aliphatic hydroxyl groups is 1. The molecule has 1 aliphatic heterocycles. The van der Waals surface area contributed by atoms with Crippen LogP contribution in [-0.4, -0.2) is 44.4 Å². The average Bonchev–Trinajstić information content (AvgIpc) is 3.14. The van der Waals surface area contributed by atoms with Crippen molar-refractivity contribution in [1.29, 1.82) is 0 Å². The Bertz CT molecular complexity index is 941. The van der Waals surface area contributed by atoms with E-state index >= 15 is 0 Å². The third kappa shape index (κ3) is 4.36. The summed E-state index contributed by atoms with van der Waals surface area (Å²) in [7, 11) is 3.10. The molecule has 0 saturated carbocycles. The molecule has 4 rings (SSSR count). The van der Waals surface area contributed by atoms with Crippen molar-refractivity contribution in [1.82, 2.24) is 0 Å². The van der Waals surface area contributed by atoms with Crippen molar-refractivity contribution in [2.75, 3.05) is 20.8 Å².